The van der Waals surface area contributed by atoms with Gasteiger partial charge in [0.25, 0.3) is 0 Å². The second-order valence-corrected chi connectivity index (χ2v) is 3.91. The van der Waals surface area contributed by atoms with Crippen LogP contribution in [0.4, 0.5) is 0 Å². The highest BCUT2D eigenvalue weighted by molar-refractivity contribution is 5.80. The first-order chi connectivity index (χ1) is 5.53. The van der Waals surface area contributed by atoms with Crippen molar-refractivity contribution in [2.45, 2.75) is 18.9 Å². The molecule has 1 saturated heterocycles. The zero-order valence-electron chi connectivity index (χ0n) is 6.91. The number of ether oxygens (including phenoxy) is 1. The van der Waals surface area contributed by atoms with Crippen LogP contribution in [-0.2, 0) is 9.53 Å². The Morgan fingerprint density at radius 1 is 1.58 bits per heavy atom. The van der Waals surface area contributed by atoms with E-state index in [0.29, 0.717) is 6.42 Å². The first-order valence-electron chi connectivity index (χ1n) is 4.06. The molecule has 1 aliphatic carbocycles. The van der Waals surface area contributed by atoms with Crippen LogP contribution in [0.3, 0.4) is 0 Å². The Morgan fingerprint density at radius 3 is 2.17 bits per heavy atom. The number of aliphatic carboxylic acids is 1. The molecule has 0 radical (unpaired) electrons. The molecule has 68 valence electrons. The summed E-state index contributed by atoms with van der Waals surface area (Å²) in [6.07, 6.45) is 0.572. The van der Waals surface area contributed by atoms with E-state index in [-0.39, 0.29) is 19.1 Å². The quantitative estimate of drug-likeness (QED) is 0.608. The van der Waals surface area contributed by atoms with Crippen molar-refractivity contribution in [1.82, 2.24) is 0 Å². The molecule has 0 bridgehead atoms. The van der Waals surface area contributed by atoms with Gasteiger partial charge in [-0.1, -0.05) is 6.92 Å². The zero-order valence-corrected chi connectivity index (χ0v) is 6.91. The minimum absolute atomic E-state index is 0.0731. The molecule has 1 aliphatic heterocycles. The van der Waals surface area contributed by atoms with E-state index < -0.39 is 17.0 Å². The molecule has 12 heavy (non-hydrogen) atoms. The lowest BCUT2D eigenvalue weighted by Gasteiger charge is -2.41. The number of hydrogen-bond acceptors (Lipinski definition) is 3. The number of carboxylic acids is 1. The van der Waals surface area contributed by atoms with Crippen molar-refractivity contribution in [1.29, 1.82) is 0 Å². The van der Waals surface area contributed by atoms with Crippen LogP contribution in [0.25, 0.3) is 0 Å². The highest BCUT2D eigenvalue weighted by Crippen LogP contribution is 2.61. The van der Waals surface area contributed by atoms with Gasteiger partial charge in [0.2, 0.25) is 0 Å². The van der Waals surface area contributed by atoms with E-state index >= 15 is 0 Å². The molecule has 4 heteroatoms. The number of carboxylic acid groups (broad SMARTS) is 1. The maximum Gasteiger partial charge on any atom is 0.313 e. The van der Waals surface area contributed by atoms with Gasteiger partial charge >= 0.3 is 5.97 Å². The van der Waals surface area contributed by atoms with Crippen molar-refractivity contribution < 1.29 is 19.7 Å². The van der Waals surface area contributed by atoms with Gasteiger partial charge in [-0.05, 0) is 12.3 Å². The largest absolute Gasteiger partial charge is 0.481 e. The minimum atomic E-state index is -1.10. The highest BCUT2D eigenvalue weighted by Gasteiger charge is 2.72. The van der Waals surface area contributed by atoms with Crippen LogP contribution < -0.4 is 0 Å². The topological polar surface area (TPSA) is 66.8 Å². The average Bonchev–Trinajstić information content (AvgIpc) is 2.58. The maximum atomic E-state index is 10.9. The van der Waals surface area contributed by atoms with E-state index in [1.807, 2.05) is 6.92 Å². The van der Waals surface area contributed by atoms with E-state index in [2.05, 4.69) is 0 Å². The summed E-state index contributed by atoms with van der Waals surface area (Å²) in [6.45, 7) is 2.19. The lowest BCUT2D eigenvalue weighted by molar-refractivity contribution is -0.224. The molecule has 2 aliphatic rings. The van der Waals surface area contributed by atoms with E-state index in [1.54, 1.807) is 0 Å². The Labute approximate surface area is 70.1 Å². The molecule has 2 N–H and O–H groups in total. The predicted molar refractivity (Wildman–Crippen MR) is 39.6 cm³/mol. The van der Waals surface area contributed by atoms with Gasteiger partial charge in [0.15, 0.2) is 0 Å². The number of aliphatic hydroxyl groups is 1. The molecule has 0 aromatic rings. The lowest BCUT2D eigenvalue weighted by atomic mass is 9.80. The maximum absolute atomic E-state index is 10.9. The number of carbonyl (C=O) groups is 1. The molecule has 0 aromatic heterocycles. The fourth-order valence-corrected chi connectivity index (χ4v) is 2.12. The fraction of sp³-hybridized carbons (Fsp3) is 0.875. The number of hydrogen-bond donors (Lipinski definition) is 2. The summed E-state index contributed by atoms with van der Waals surface area (Å²) in [4.78, 5) is 10.9. The minimum Gasteiger partial charge on any atom is -0.481 e. The van der Waals surface area contributed by atoms with Crippen LogP contribution in [-0.4, -0.2) is 35.0 Å². The fourth-order valence-electron chi connectivity index (χ4n) is 2.12. The molecule has 1 heterocycles. The van der Waals surface area contributed by atoms with Gasteiger partial charge in [-0.2, -0.15) is 0 Å². The Kier molecular flexibility index (Phi) is 1.34. The van der Waals surface area contributed by atoms with Crippen LogP contribution in [0.2, 0.25) is 0 Å². The van der Waals surface area contributed by atoms with Crippen LogP contribution in [0.1, 0.15) is 13.3 Å². The van der Waals surface area contributed by atoms with Gasteiger partial charge in [0.05, 0.1) is 13.2 Å². The Bertz CT molecular complexity index is 233. The molecule has 4 nitrogen and oxygen atoms in total. The average molecular weight is 172 g/mol. The van der Waals surface area contributed by atoms with Crippen molar-refractivity contribution in [2.75, 3.05) is 13.2 Å². The van der Waals surface area contributed by atoms with Gasteiger partial charge < -0.3 is 14.9 Å². The summed E-state index contributed by atoms with van der Waals surface area (Å²) in [5.41, 5.74) is -2.01. The molecule has 2 unspecified atom stereocenters. The zero-order chi connectivity index (χ0) is 8.98. The summed E-state index contributed by atoms with van der Waals surface area (Å²) in [5.74, 6) is -0.815. The SMILES string of the molecule is CC1CC1(C(=O)O)C1(O)COC1. The van der Waals surface area contributed by atoms with Crippen molar-refractivity contribution in [3.63, 3.8) is 0 Å². The second-order valence-electron chi connectivity index (χ2n) is 3.91. The molecule has 2 atom stereocenters. The van der Waals surface area contributed by atoms with Crippen molar-refractivity contribution in [2.24, 2.45) is 11.3 Å². The van der Waals surface area contributed by atoms with Crippen LogP contribution in [0.5, 0.6) is 0 Å². The molecule has 0 spiro atoms. The molecule has 0 aromatic carbocycles. The normalized spacial score (nSPS) is 43.3. The molecular weight excluding hydrogens is 160 g/mol. The number of rotatable bonds is 2. The van der Waals surface area contributed by atoms with E-state index in [4.69, 9.17) is 9.84 Å². The molecular formula is C8H12O4. The van der Waals surface area contributed by atoms with Gasteiger partial charge in [-0.15, -0.1) is 0 Å². The third-order valence-corrected chi connectivity index (χ3v) is 3.20. The third kappa shape index (κ3) is 0.671. The highest BCUT2D eigenvalue weighted by atomic mass is 16.5. The van der Waals surface area contributed by atoms with E-state index in [0.717, 1.165) is 0 Å². The predicted octanol–water partition coefficient (Wildman–Crippen LogP) is -0.141. The standard InChI is InChI=1S/C8H12O4/c1-5-2-8(5,6(9)10)7(11)3-12-4-7/h5,11H,2-4H2,1H3,(H,9,10). The van der Waals surface area contributed by atoms with Crippen molar-refractivity contribution >= 4 is 5.97 Å². The molecule has 0 amide bonds. The summed E-state index contributed by atoms with van der Waals surface area (Å²) in [6, 6.07) is 0. The summed E-state index contributed by atoms with van der Waals surface area (Å²) < 4.78 is 4.85. The molecule has 2 fully saturated rings. The third-order valence-electron chi connectivity index (χ3n) is 3.20. The van der Waals surface area contributed by atoms with Gasteiger partial charge in [-0.3, -0.25) is 4.79 Å². The van der Waals surface area contributed by atoms with Gasteiger partial charge in [0.1, 0.15) is 11.0 Å². The van der Waals surface area contributed by atoms with E-state index in [9.17, 15) is 9.90 Å². The Balaban J connectivity index is 2.24. The van der Waals surface area contributed by atoms with E-state index in [1.165, 1.54) is 0 Å². The monoisotopic (exact) mass is 172 g/mol. The molecule has 2 rings (SSSR count). The van der Waals surface area contributed by atoms with Gasteiger partial charge in [-0.25, -0.2) is 0 Å². The first kappa shape index (κ1) is 8.01. The second kappa shape index (κ2) is 2.00. The van der Waals surface area contributed by atoms with Gasteiger partial charge in [0, 0.05) is 0 Å². The summed E-state index contributed by atoms with van der Waals surface area (Å²) >= 11 is 0. The Hall–Kier alpha value is -0.610. The van der Waals surface area contributed by atoms with Crippen molar-refractivity contribution in [3.8, 4) is 0 Å². The molecule has 1 saturated carbocycles. The van der Waals surface area contributed by atoms with Crippen LogP contribution in [0, 0.1) is 11.3 Å². The lowest BCUT2D eigenvalue weighted by Crippen LogP contribution is -2.59. The Morgan fingerprint density at radius 2 is 2.08 bits per heavy atom. The summed E-state index contributed by atoms with van der Waals surface area (Å²) in [7, 11) is 0. The van der Waals surface area contributed by atoms with Crippen LogP contribution in [0.15, 0.2) is 0 Å². The summed E-state index contributed by atoms with van der Waals surface area (Å²) in [5, 5.41) is 18.8. The van der Waals surface area contributed by atoms with Crippen molar-refractivity contribution in [3.05, 3.63) is 0 Å². The smallest absolute Gasteiger partial charge is 0.313 e. The van der Waals surface area contributed by atoms with Crippen LogP contribution >= 0.6 is 0 Å². The first-order valence-corrected chi connectivity index (χ1v) is 4.06.